The molecule has 2 rings (SSSR count). The zero-order valence-electron chi connectivity index (χ0n) is 9.84. The van der Waals surface area contributed by atoms with Crippen molar-refractivity contribution in [3.8, 4) is 0 Å². The molecule has 1 amide bonds. The van der Waals surface area contributed by atoms with Gasteiger partial charge < -0.3 is 10.6 Å². The third kappa shape index (κ3) is 3.98. The number of rotatable bonds is 4. The van der Waals surface area contributed by atoms with Crippen LogP contribution in [0.3, 0.4) is 0 Å². The lowest BCUT2D eigenvalue weighted by Gasteiger charge is -2.21. The van der Waals surface area contributed by atoms with E-state index in [4.69, 9.17) is 0 Å². The first kappa shape index (κ1) is 12.2. The summed E-state index contributed by atoms with van der Waals surface area (Å²) in [6.07, 6.45) is 5.59. The number of hydrogen-bond donors (Lipinski definition) is 2. The zero-order chi connectivity index (χ0) is 11.2. The van der Waals surface area contributed by atoms with Crippen molar-refractivity contribution in [2.24, 2.45) is 5.92 Å². The lowest BCUT2D eigenvalue weighted by Crippen LogP contribution is -2.35. The molecule has 0 aromatic heterocycles. The molecule has 2 aliphatic rings. The third-order valence-corrected chi connectivity index (χ3v) is 4.57. The fourth-order valence-electron chi connectivity index (χ4n) is 2.44. The molecule has 2 fully saturated rings. The van der Waals surface area contributed by atoms with E-state index in [2.05, 4.69) is 10.6 Å². The molecule has 0 aromatic carbocycles. The van der Waals surface area contributed by atoms with Crippen molar-refractivity contribution >= 4 is 17.7 Å². The van der Waals surface area contributed by atoms with Crippen LogP contribution in [0.15, 0.2) is 0 Å². The average Bonchev–Trinajstić information content (AvgIpc) is 2.81. The van der Waals surface area contributed by atoms with Gasteiger partial charge in [0, 0.05) is 19.0 Å². The Balaban J connectivity index is 1.59. The molecule has 0 bridgehead atoms. The Bertz CT molecular complexity index is 223. The third-order valence-electron chi connectivity index (χ3n) is 3.52. The van der Waals surface area contributed by atoms with Crippen molar-refractivity contribution in [2.75, 3.05) is 24.6 Å². The van der Waals surface area contributed by atoms with Crippen LogP contribution in [0.5, 0.6) is 0 Å². The molecule has 3 nitrogen and oxygen atoms in total. The smallest absolute Gasteiger partial charge is 0.221 e. The largest absolute Gasteiger partial charge is 0.356 e. The molecule has 0 aliphatic carbocycles. The molecule has 2 saturated heterocycles. The zero-order valence-corrected chi connectivity index (χ0v) is 10.7. The van der Waals surface area contributed by atoms with Gasteiger partial charge in [-0.05, 0) is 49.7 Å². The van der Waals surface area contributed by atoms with E-state index in [-0.39, 0.29) is 5.91 Å². The standard InChI is InChI=1S/C12H22N2OS/c15-12(8-11-2-1-5-13-11)14-9-10-3-6-16-7-4-10/h10-11,13H,1-9H2,(H,14,15). The first-order chi connectivity index (χ1) is 7.84. The lowest BCUT2D eigenvalue weighted by molar-refractivity contribution is -0.121. The molecule has 2 heterocycles. The van der Waals surface area contributed by atoms with Crippen LogP contribution in [-0.2, 0) is 4.79 Å². The van der Waals surface area contributed by atoms with E-state index < -0.39 is 0 Å². The fraction of sp³-hybridized carbons (Fsp3) is 0.917. The van der Waals surface area contributed by atoms with Crippen LogP contribution in [0.1, 0.15) is 32.1 Å². The van der Waals surface area contributed by atoms with Gasteiger partial charge in [-0.2, -0.15) is 11.8 Å². The second-order valence-corrected chi connectivity index (χ2v) is 6.08. The monoisotopic (exact) mass is 242 g/mol. The molecule has 92 valence electrons. The van der Waals surface area contributed by atoms with Crippen molar-refractivity contribution in [2.45, 2.75) is 38.1 Å². The average molecular weight is 242 g/mol. The van der Waals surface area contributed by atoms with Crippen LogP contribution in [0, 0.1) is 5.92 Å². The molecule has 16 heavy (non-hydrogen) atoms. The van der Waals surface area contributed by atoms with E-state index in [9.17, 15) is 4.79 Å². The second kappa shape index (κ2) is 6.50. The van der Waals surface area contributed by atoms with Crippen molar-refractivity contribution in [3.05, 3.63) is 0 Å². The Labute approximate surface area is 102 Å². The maximum Gasteiger partial charge on any atom is 0.221 e. The van der Waals surface area contributed by atoms with E-state index in [1.54, 1.807) is 0 Å². The summed E-state index contributed by atoms with van der Waals surface area (Å²) in [5, 5.41) is 6.45. The first-order valence-corrected chi connectivity index (χ1v) is 7.58. The summed E-state index contributed by atoms with van der Waals surface area (Å²) in [4.78, 5) is 11.7. The SMILES string of the molecule is O=C(CC1CCCN1)NCC1CCSCC1. The van der Waals surface area contributed by atoms with Gasteiger partial charge in [-0.15, -0.1) is 0 Å². The summed E-state index contributed by atoms with van der Waals surface area (Å²) in [6.45, 7) is 1.98. The molecule has 1 atom stereocenters. The molecule has 0 spiro atoms. The highest BCUT2D eigenvalue weighted by Crippen LogP contribution is 2.21. The molecule has 1 unspecified atom stereocenters. The van der Waals surface area contributed by atoms with E-state index in [0.717, 1.165) is 25.4 Å². The maximum atomic E-state index is 11.7. The number of thioether (sulfide) groups is 1. The van der Waals surface area contributed by atoms with Gasteiger partial charge >= 0.3 is 0 Å². The van der Waals surface area contributed by atoms with Gasteiger partial charge in [0.15, 0.2) is 0 Å². The molecular formula is C12H22N2OS. The summed E-state index contributed by atoms with van der Waals surface area (Å²) in [6, 6.07) is 0.432. The Morgan fingerprint density at radius 3 is 2.81 bits per heavy atom. The number of amides is 1. The molecular weight excluding hydrogens is 220 g/mol. The van der Waals surface area contributed by atoms with Gasteiger partial charge in [-0.25, -0.2) is 0 Å². The molecule has 0 aromatic rings. The summed E-state index contributed by atoms with van der Waals surface area (Å²) in [5.41, 5.74) is 0. The van der Waals surface area contributed by atoms with Crippen LogP contribution in [0.2, 0.25) is 0 Å². The van der Waals surface area contributed by atoms with Crippen molar-refractivity contribution < 1.29 is 4.79 Å². The first-order valence-electron chi connectivity index (χ1n) is 6.42. The van der Waals surface area contributed by atoms with Crippen LogP contribution in [-0.4, -0.2) is 36.5 Å². The molecule has 0 radical (unpaired) electrons. The van der Waals surface area contributed by atoms with E-state index in [1.165, 1.54) is 30.8 Å². The molecule has 2 N–H and O–H groups in total. The topological polar surface area (TPSA) is 41.1 Å². The second-order valence-electron chi connectivity index (χ2n) is 4.86. The predicted molar refractivity (Wildman–Crippen MR) is 68.7 cm³/mol. The summed E-state index contributed by atoms with van der Waals surface area (Å²) >= 11 is 2.04. The van der Waals surface area contributed by atoms with Crippen molar-refractivity contribution in [1.82, 2.24) is 10.6 Å². The van der Waals surface area contributed by atoms with Crippen molar-refractivity contribution in [1.29, 1.82) is 0 Å². The molecule has 0 saturated carbocycles. The van der Waals surface area contributed by atoms with Crippen molar-refractivity contribution in [3.63, 3.8) is 0 Å². The normalized spacial score (nSPS) is 26.9. The highest BCUT2D eigenvalue weighted by molar-refractivity contribution is 7.99. The fourth-order valence-corrected chi connectivity index (χ4v) is 3.64. The molecule has 2 aliphatic heterocycles. The highest BCUT2D eigenvalue weighted by atomic mass is 32.2. The van der Waals surface area contributed by atoms with Crippen LogP contribution < -0.4 is 10.6 Å². The van der Waals surface area contributed by atoms with Crippen LogP contribution >= 0.6 is 11.8 Å². The highest BCUT2D eigenvalue weighted by Gasteiger charge is 2.19. The summed E-state index contributed by atoms with van der Waals surface area (Å²) < 4.78 is 0. The van der Waals surface area contributed by atoms with E-state index in [0.29, 0.717) is 12.5 Å². The number of carbonyl (C=O) groups is 1. The lowest BCUT2D eigenvalue weighted by atomic mass is 10.0. The Morgan fingerprint density at radius 2 is 2.12 bits per heavy atom. The minimum atomic E-state index is 0.234. The molecule has 4 heteroatoms. The number of carbonyl (C=O) groups excluding carboxylic acids is 1. The summed E-state index contributed by atoms with van der Waals surface area (Å²) in [7, 11) is 0. The Morgan fingerprint density at radius 1 is 1.31 bits per heavy atom. The van der Waals surface area contributed by atoms with E-state index in [1.807, 2.05) is 11.8 Å². The van der Waals surface area contributed by atoms with Crippen LogP contribution in [0.25, 0.3) is 0 Å². The van der Waals surface area contributed by atoms with Gasteiger partial charge in [0.05, 0.1) is 0 Å². The van der Waals surface area contributed by atoms with E-state index >= 15 is 0 Å². The minimum absolute atomic E-state index is 0.234. The minimum Gasteiger partial charge on any atom is -0.356 e. The predicted octanol–water partition coefficient (Wildman–Crippen LogP) is 1.39. The number of hydrogen-bond acceptors (Lipinski definition) is 3. The quantitative estimate of drug-likeness (QED) is 0.783. The van der Waals surface area contributed by atoms with Gasteiger partial charge in [0.25, 0.3) is 0 Å². The van der Waals surface area contributed by atoms with Gasteiger partial charge in [0.2, 0.25) is 5.91 Å². The van der Waals surface area contributed by atoms with Gasteiger partial charge in [0.1, 0.15) is 0 Å². The van der Waals surface area contributed by atoms with Gasteiger partial charge in [-0.1, -0.05) is 0 Å². The van der Waals surface area contributed by atoms with Crippen LogP contribution in [0.4, 0.5) is 0 Å². The Kier molecular flexibility index (Phi) is 4.97. The summed E-state index contributed by atoms with van der Waals surface area (Å²) in [5.74, 6) is 3.49. The maximum absolute atomic E-state index is 11.7. The van der Waals surface area contributed by atoms with Gasteiger partial charge in [-0.3, -0.25) is 4.79 Å². The Hall–Kier alpha value is -0.220. The number of nitrogens with one attached hydrogen (secondary N) is 2.